The number of hydrogen-bond donors (Lipinski definition) is 0. The molecule has 0 aliphatic rings. The fourth-order valence-corrected chi connectivity index (χ4v) is 5.71. The molecule has 0 atom stereocenters. The number of likely N-dealkylation sites (N-methyl/N-ethyl adjacent to an activating group) is 1. The van der Waals surface area contributed by atoms with E-state index in [9.17, 15) is 13.2 Å². The summed E-state index contributed by atoms with van der Waals surface area (Å²) in [4.78, 5) is 22.1. The number of hydrogen-bond acceptors (Lipinski definition) is 7. The smallest absolute Gasteiger partial charge is 0.260 e. The van der Waals surface area contributed by atoms with Crippen LogP contribution in [0, 0.1) is 0 Å². The van der Waals surface area contributed by atoms with Gasteiger partial charge < -0.3 is 9.64 Å². The molecule has 1 heterocycles. The van der Waals surface area contributed by atoms with Crippen molar-refractivity contribution in [3.05, 3.63) is 48.0 Å². The lowest BCUT2D eigenvalue weighted by molar-refractivity contribution is 0.0985. The van der Waals surface area contributed by atoms with E-state index in [1.807, 2.05) is 51.0 Å². The Kier molecular flexibility index (Phi) is 11.1. The van der Waals surface area contributed by atoms with Gasteiger partial charge in [0.15, 0.2) is 5.13 Å². The van der Waals surface area contributed by atoms with Crippen LogP contribution in [-0.4, -0.2) is 75.9 Å². The monoisotopic (exact) mass is 554 g/mol. The van der Waals surface area contributed by atoms with Crippen LogP contribution in [0.1, 0.15) is 37.0 Å². The minimum absolute atomic E-state index is 0. The number of halogens is 1. The zero-order valence-corrected chi connectivity index (χ0v) is 23.9. The maximum absolute atomic E-state index is 13.6. The first-order valence-electron chi connectivity index (χ1n) is 11.7. The van der Waals surface area contributed by atoms with Gasteiger partial charge >= 0.3 is 0 Å². The van der Waals surface area contributed by atoms with E-state index in [2.05, 4.69) is 0 Å². The number of carbonyl (C=O) groups excluding carboxylic acids is 1. The van der Waals surface area contributed by atoms with Crippen molar-refractivity contribution in [2.45, 2.75) is 31.6 Å². The van der Waals surface area contributed by atoms with Gasteiger partial charge in [0.2, 0.25) is 10.0 Å². The number of ether oxygens (including phenoxy) is 1. The minimum Gasteiger partial charge on any atom is -0.492 e. The highest BCUT2D eigenvalue weighted by atomic mass is 35.5. The summed E-state index contributed by atoms with van der Waals surface area (Å²) in [7, 11) is 1.88. The summed E-state index contributed by atoms with van der Waals surface area (Å²) in [5.41, 5.74) is 1.14. The summed E-state index contributed by atoms with van der Waals surface area (Å²) in [5.74, 6) is 0.460. The van der Waals surface area contributed by atoms with Crippen LogP contribution in [0.4, 0.5) is 5.13 Å². The van der Waals surface area contributed by atoms with Crippen LogP contribution in [0.3, 0.4) is 0 Å². The molecule has 36 heavy (non-hydrogen) atoms. The van der Waals surface area contributed by atoms with Gasteiger partial charge in [0.1, 0.15) is 11.3 Å². The van der Waals surface area contributed by atoms with Crippen LogP contribution in [0.15, 0.2) is 47.4 Å². The summed E-state index contributed by atoms with van der Waals surface area (Å²) in [6.07, 6.45) is 1.70. The molecule has 11 heteroatoms. The normalized spacial score (nSPS) is 11.6. The SMILES string of the molecule is CCCCN(C)S(=O)(=O)c1ccc(C(=O)N(CCN(C)C)c2nc3c(OCC)cccc3s2)cc1.Cl. The third kappa shape index (κ3) is 6.95. The predicted molar refractivity (Wildman–Crippen MR) is 149 cm³/mol. The van der Waals surface area contributed by atoms with E-state index in [0.717, 1.165) is 23.1 Å². The summed E-state index contributed by atoms with van der Waals surface area (Å²) >= 11 is 1.43. The second-order valence-electron chi connectivity index (χ2n) is 8.50. The van der Waals surface area contributed by atoms with Gasteiger partial charge in [0.05, 0.1) is 16.2 Å². The number of sulfonamides is 1. The van der Waals surface area contributed by atoms with Gasteiger partial charge in [-0.1, -0.05) is 30.7 Å². The van der Waals surface area contributed by atoms with E-state index < -0.39 is 10.0 Å². The van der Waals surface area contributed by atoms with E-state index in [0.29, 0.717) is 42.7 Å². The average molecular weight is 555 g/mol. The standard InChI is InChI=1S/C25H34N4O4S2.ClH/c1-6-8-16-28(5)35(31,32)20-14-12-19(13-15-20)24(30)29(18-17-27(3)4)25-26-23-21(33-7-2)10-9-11-22(23)34-25;/h9-15H,6-8,16-18H2,1-5H3;1H. The average Bonchev–Trinajstić information content (AvgIpc) is 3.27. The predicted octanol–water partition coefficient (Wildman–Crippen LogP) is 4.75. The molecule has 0 saturated carbocycles. The van der Waals surface area contributed by atoms with Gasteiger partial charge in [-0.3, -0.25) is 9.69 Å². The molecule has 3 rings (SSSR count). The molecule has 0 radical (unpaired) electrons. The molecule has 1 aromatic heterocycles. The zero-order valence-electron chi connectivity index (χ0n) is 21.4. The molecule has 0 unspecified atom stereocenters. The molecule has 0 aliphatic heterocycles. The van der Waals surface area contributed by atoms with Gasteiger partial charge in [-0.2, -0.15) is 0 Å². The highest BCUT2D eigenvalue weighted by Crippen LogP contribution is 2.34. The van der Waals surface area contributed by atoms with Gasteiger partial charge in [-0.15, -0.1) is 12.4 Å². The van der Waals surface area contributed by atoms with Crippen LogP contribution < -0.4 is 9.64 Å². The van der Waals surface area contributed by atoms with Crippen LogP contribution in [0.5, 0.6) is 5.75 Å². The number of aromatic nitrogens is 1. The lowest BCUT2D eigenvalue weighted by Gasteiger charge is -2.22. The van der Waals surface area contributed by atoms with E-state index >= 15 is 0 Å². The summed E-state index contributed by atoms with van der Waals surface area (Å²) in [6, 6.07) is 11.9. The van der Waals surface area contributed by atoms with Gasteiger partial charge in [-0.05, 0) is 63.8 Å². The fourth-order valence-electron chi connectivity index (χ4n) is 3.49. The van der Waals surface area contributed by atoms with Crippen molar-refractivity contribution in [3.8, 4) is 5.75 Å². The highest BCUT2D eigenvalue weighted by Gasteiger charge is 2.24. The molecule has 0 saturated heterocycles. The molecule has 198 valence electrons. The molecule has 1 amide bonds. The lowest BCUT2D eigenvalue weighted by Crippen LogP contribution is -2.36. The maximum atomic E-state index is 13.6. The van der Waals surface area contributed by atoms with E-state index in [1.54, 1.807) is 24.1 Å². The van der Waals surface area contributed by atoms with Crippen LogP contribution in [0.2, 0.25) is 0 Å². The molecule has 0 N–H and O–H groups in total. The van der Waals surface area contributed by atoms with E-state index in [-0.39, 0.29) is 23.2 Å². The lowest BCUT2D eigenvalue weighted by atomic mass is 10.2. The topological polar surface area (TPSA) is 83.1 Å². The number of para-hydroxylation sites is 1. The Labute approximate surface area is 224 Å². The fraction of sp³-hybridized carbons (Fsp3) is 0.440. The molecular weight excluding hydrogens is 520 g/mol. The number of unbranched alkanes of at least 4 members (excludes halogenated alkanes) is 1. The minimum atomic E-state index is -3.60. The van der Waals surface area contributed by atoms with Crippen molar-refractivity contribution in [2.75, 3.05) is 52.3 Å². The Balaban J connectivity index is 0.00000456. The molecule has 8 nitrogen and oxygen atoms in total. The first-order chi connectivity index (χ1) is 16.7. The van der Waals surface area contributed by atoms with Crippen LogP contribution in [0.25, 0.3) is 10.2 Å². The molecule has 2 aromatic carbocycles. The van der Waals surface area contributed by atoms with Crippen molar-refractivity contribution in [1.82, 2.24) is 14.2 Å². The second-order valence-corrected chi connectivity index (χ2v) is 11.6. The Hall–Kier alpha value is -2.24. The number of nitrogens with zero attached hydrogens (tertiary/aromatic N) is 4. The Morgan fingerprint density at radius 1 is 1.00 bits per heavy atom. The van der Waals surface area contributed by atoms with Gasteiger partial charge in [-0.25, -0.2) is 17.7 Å². The molecule has 0 bridgehead atoms. The number of fused-ring (bicyclic) bond motifs is 1. The summed E-state index contributed by atoms with van der Waals surface area (Å²) in [5, 5.41) is 0.579. The molecule has 3 aromatic rings. The van der Waals surface area contributed by atoms with E-state index in [4.69, 9.17) is 9.72 Å². The quantitative estimate of drug-likeness (QED) is 0.321. The van der Waals surface area contributed by atoms with Crippen LogP contribution >= 0.6 is 23.7 Å². The largest absolute Gasteiger partial charge is 0.492 e. The number of amides is 1. The number of anilines is 1. The number of carbonyl (C=O) groups is 1. The second kappa shape index (κ2) is 13.3. The number of thiazole rings is 1. The molecule has 0 spiro atoms. The maximum Gasteiger partial charge on any atom is 0.260 e. The van der Waals surface area contributed by atoms with Crippen molar-refractivity contribution < 1.29 is 17.9 Å². The van der Waals surface area contributed by atoms with E-state index in [1.165, 1.54) is 27.8 Å². The number of benzene rings is 2. The zero-order chi connectivity index (χ0) is 25.6. The Morgan fingerprint density at radius 2 is 1.69 bits per heavy atom. The van der Waals surface area contributed by atoms with Crippen molar-refractivity contribution >= 4 is 55.0 Å². The highest BCUT2D eigenvalue weighted by molar-refractivity contribution is 7.89. The molecule has 0 aliphatic carbocycles. The van der Waals surface area contributed by atoms with Crippen LogP contribution in [-0.2, 0) is 10.0 Å². The summed E-state index contributed by atoms with van der Waals surface area (Å²) in [6.45, 7) is 6.01. The van der Waals surface area contributed by atoms with Crippen molar-refractivity contribution in [3.63, 3.8) is 0 Å². The number of rotatable bonds is 12. The third-order valence-electron chi connectivity index (χ3n) is 5.55. The van der Waals surface area contributed by atoms with Crippen molar-refractivity contribution in [1.29, 1.82) is 0 Å². The molecular formula is C25H35ClN4O4S2. The van der Waals surface area contributed by atoms with Crippen molar-refractivity contribution in [2.24, 2.45) is 0 Å². The third-order valence-corrected chi connectivity index (χ3v) is 8.47. The van der Waals surface area contributed by atoms with Gasteiger partial charge in [0.25, 0.3) is 5.91 Å². The first-order valence-corrected chi connectivity index (χ1v) is 14.0. The first kappa shape index (κ1) is 30.0. The Morgan fingerprint density at radius 3 is 2.31 bits per heavy atom. The van der Waals surface area contributed by atoms with Gasteiger partial charge in [0, 0.05) is 32.2 Å². The summed E-state index contributed by atoms with van der Waals surface area (Å²) < 4.78 is 33.7. The molecule has 0 fully saturated rings. The Bertz CT molecular complexity index is 1250.